The first kappa shape index (κ1) is 22.6. The summed E-state index contributed by atoms with van der Waals surface area (Å²) in [5, 5.41) is 14.3. The number of aliphatic hydroxyl groups is 1. The van der Waals surface area contributed by atoms with E-state index in [0.29, 0.717) is 25.1 Å². The van der Waals surface area contributed by atoms with Crippen molar-refractivity contribution in [2.24, 2.45) is 23.3 Å². The van der Waals surface area contributed by atoms with Crippen LogP contribution in [0.25, 0.3) is 0 Å². The van der Waals surface area contributed by atoms with Crippen molar-refractivity contribution in [3.05, 3.63) is 29.8 Å². The van der Waals surface area contributed by atoms with Crippen LogP contribution in [0.4, 0.5) is 10.5 Å². The number of amides is 3. The number of carbonyl (C=O) groups excluding carboxylic acids is 3. The number of nitrogens with two attached hydrogens (primary N) is 2. The van der Waals surface area contributed by atoms with Crippen LogP contribution in [-0.4, -0.2) is 35.4 Å². The second kappa shape index (κ2) is 11.3. The second-order valence-electron chi connectivity index (χ2n) is 6.91. The molecule has 0 radical (unpaired) electrons. The van der Waals surface area contributed by atoms with Crippen LogP contribution in [-0.2, 0) is 16.2 Å². The molecule has 0 saturated heterocycles. The van der Waals surface area contributed by atoms with Crippen molar-refractivity contribution in [1.29, 1.82) is 0 Å². The van der Waals surface area contributed by atoms with Crippen LogP contribution >= 0.6 is 0 Å². The Morgan fingerprint density at radius 3 is 2.30 bits per heavy atom. The maximum atomic E-state index is 12.7. The number of carbonyl (C=O) groups is 3. The summed E-state index contributed by atoms with van der Waals surface area (Å²) in [4.78, 5) is 35.8. The molecule has 0 bridgehead atoms. The quantitative estimate of drug-likeness (QED) is 0.366. The highest BCUT2D eigenvalue weighted by Crippen LogP contribution is 2.18. The Morgan fingerprint density at radius 2 is 1.78 bits per heavy atom. The number of primary amides is 1. The number of ketones is 1. The van der Waals surface area contributed by atoms with Gasteiger partial charge in [-0.1, -0.05) is 26.0 Å². The molecule has 0 aliphatic heterocycles. The molecular weight excluding hydrogens is 348 g/mol. The number of benzene rings is 1. The fraction of sp³-hybridized carbons (Fsp3) is 0.526. The molecule has 3 amide bonds. The van der Waals surface area contributed by atoms with Crippen molar-refractivity contribution >= 4 is 23.4 Å². The summed E-state index contributed by atoms with van der Waals surface area (Å²) in [7, 11) is 0. The van der Waals surface area contributed by atoms with Crippen LogP contribution < -0.4 is 22.1 Å². The third kappa shape index (κ3) is 8.19. The topological polar surface area (TPSA) is 148 Å². The largest absolute Gasteiger partial charge is 0.392 e. The fourth-order valence-corrected chi connectivity index (χ4v) is 2.57. The minimum Gasteiger partial charge on any atom is -0.392 e. The van der Waals surface area contributed by atoms with Crippen molar-refractivity contribution in [3.8, 4) is 0 Å². The monoisotopic (exact) mass is 378 g/mol. The van der Waals surface area contributed by atoms with Crippen LogP contribution in [0.2, 0.25) is 0 Å². The average Bonchev–Trinajstić information content (AvgIpc) is 2.63. The number of rotatable bonds is 11. The summed E-state index contributed by atoms with van der Waals surface area (Å²) in [5.41, 5.74) is 12.3. The van der Waals surface area contributed by atoms with Gasteiger partial charge in [0, 0.05) is 24.6 Å². The van der Waals surface area contributed by atoms with E-state index in [0.717, 1.165) is 5.56 Å². The number of hydrogen-bond donors (Lipinski definition) is 5. The molecule has 0 saturated carbocycles. The Bertz CT molecular complexity index is 631. The standard InChI is InChI=1S/C19H30N4O4/c1-12(2)17(20)16(25)10-14(4-3-9-22-19(21)27)18(26)23-15-7-5-13(11-24)6-8-15/h5-8,12,14,17,24H,3-4,9-11,20H2,1-2H3,(H,23,26)(H3,21,22,27)/t14?,17-/m1/s1. The third-order valence-corrected chi connectivity index (χ3v) is 4.34. The van der Waals surface area contributed by atoms with Crippen LogP contribution in [0.5, 0.6) is 0 Å². The minimum atomic E-state index is -0.627. The molecular formula is C19H30N4O4. The Morgan fingerprint density at radius 1 is 1.15 bits per heavy atom. The average molecular weight is 378 g/mol. The Labute approximate surface area is 159 Å². The van der Waals surface area contributed by atoms with Gasteiger partial charge in [0.25, 0.3) is 0 Å². The van der Waals surface area contributed by atoms with Gasteiger partial charge in [-0.15, -0.1) is 0 Å². The number of anilines is 1. The van der Waals surface area contributed by atoms with Gasteiger partial charge in [0.15, 0.2) is 5.78 Å². The number of hydrogen-bond acceptors (Lipinski definition) is 5. The summed E-state index contributed by atoms with van der Waals surface area (Å²) in [6.07, 6.45) is 0.961. The molecule has 0 spiro atoms. The highest BCUT2D eigenvalue weighted by molar-refractivity contribution is 5.96. The first-order valence-corrected chi connectivity index (χ1v) is 9.06. The van der Waals surface area contributed by atoms with Gasteiger partial charge in [0.2, 0.25) is 5.91 Å². The summed E-state index contributed by atoms with van der Waals surface area (Å²) < 4.78 is 0. The molecule has 150 valence electrons. The van der Waals surface area contributed by atoms with Gasteiger partial charge in [-0.25, -0.2) is 4.79 Å². The maximum absolute atomic E-state index is 12.7. The van der Waals surface area contributed by atoms with Gasteiger partial charge in [0.1, 0.15) is 0 Å². The van der Waals surface area contributed by atoms with E-state index in [1.165, 1.54) is 0 Å². The van der Waals surface area contributed by atoms with E-state index >= 15 is 0 Å². The van der Waals surface area contributed by atoms with Crippen LogP contribution in [0.1, 0.15) is 38.7 Å². The van der Waals surface area contributed by atoms with Gasteiger partial charge in [0.05, 0.1) is 12.6 Å². The van der Waals surface area contributed by atoms with Crippen molar-refractivity contribution in [2.45, 2.75) is 45.8 Å². The van der Waals surface area contributed by atoms with Crippen molar-refractivity contribution in [1.82, 2.24) is 5.32 Å². The summed E-state index contributed by atoms with van der Waals surface area (Å²) in [6.45, 7) is 3.97. The molecule has 0 aliphatic carbocycles. The van der Waals surface area contributed by atoms with Crippen LogP contribution in [0, 0.1) is 11.8 Å². The predicted octanol–water partition coefficient (Wildman–Crippen LogP) is 1.12. The van der Waals surface area contributed by atoms with E-state index in [1.807, 2.05) is 13.8 Å². The lowest BCUT2D eigenvalue weighted by molar-refractivity contribution is -0.127. The van der Waals surface area contributed by atoms with Gasteiger partial charge >= 0.3 is 6.03 Å². The van der Waals surface area contributed by atoms with Crippen LogP contribution in [0.3, 0.4) is 0 Å². The third-order valence-electron chi connectivity index (χ3n) is 4.34. The maximum Gasteiger partial charge on any atom is 0.312 e. The molecule has 8 heteroatoms. The second-order valence-corrected chi connectivity index (χ2v) is 6.91. The first-order valence-electron chi connectivity index (χ1n) is 9.06. The van der Waals surface area contributed by atoms with Gasteiger partial charge in [-0.2, -0.15) is 0 Å². The van der Waals surface area contributed by atoms with E-state index in [-0.39, 0.29) is 30.6 Å². The zero-order valence-corrected chi connectivity index (χ0v) is 15.9. The van der Waals surface area contributed by atoms with Crippen molar-refractivity contribution in [2.75, 3.05) is 11.9 Å². The van der Waals surface area contributed by atoms with Gasteiger partial charge in [-0.3, -0.25) is 9.59 Å². The highest BCUT2D eigenvalue weighted by Gasteiger charge is 2.26. The lowest BCUT2D eigenvalue weighted by Crippen LogP contribution is -2.38. The number of Topliss-reactive ketones (excluding diaryl/α,β-unsaturated/α-hetero) is 1. The summed E-state index contributed by atoms with van der Waals surface area (Å²) in [6, 6.07) is 5.56. The fourth-order valence-electron chi connectivity index (χ4n) is 2.57. The predicted molar refractivity (Wildman–Crippen MR) is 104 cm³/mol. The van der Waals surface area contributed by atoms with E-state index < -0.39 is 18.0 Å². The van der Waals surface area contributed by atoms with Gasteiger partial charge in [-0.05, 0) is 36.5 Å². The molecule has 0 heterocycles. The smallest absolute Gasteiger partial charge is 0.312 e. The molecule has 1 unspecified atom stereocenters. The lowest BCUT2D eigenvalue weighted by atomic mass is 9.90. The SMILES string of the molecule is CC(C)[C@@H](N)C(=O)CC(CCCNC(N)=O)C(=O)Nc1ccc(CO)cc1. The zero-order valence-electron chi connectivity index (χ0n) is 15.9. The molecule has 0 fully saturated rings. The van der Waals surface area contributed by atoms with E-state index in [4.69, 9.17) is 16.6 Å². The number of nitrogens with one attached hydrogen (secondary N) is 2. The summed E-state index contributed by atoms with van der Waals surface area (Å²) in [5.74, 6) is -1.02. The zero-order chi connectivity index (χ0) is 20.4. The number of urea groups is 1. The molecule has 27 heavy (non-hydrogen) atoms. The highest BCUT2D eigenvalue weighted by atomic mass is 16.3. The lowest BCUT2D eigenvalue weighted by Gasteiger charge is -2.20. The molecule has 1 aromatic carbocycles. The molecule has 1 rings (SSSR count). The normalized spacial score (nSPS) is 13.1. The molecule has 2 atom stereocenters. The van der Waals surface area contributed by atoms with E-state index in [9.17, 15) is 14.4 Å². The minimum absolute atomic E-state index is 0.0104. The summed E-state index contributed by atoms with van der Waals surface area (Å²) >= 11 is 0. The van der Waals surface area contributed by atoms with Crippen LogP contribution in [0.15, 0.2) is 24.3 Å². The molecule has 0 aromatic heterocycles. The Hall–Kier alpha value is -2.45. The molecule has 7 N–H and O–H groups in total. The number of aliphatic hydroxyl groups excluding tert-OH is 1. The van der Waals surface area contributed by atoms with E-state index in [1.54, 1.807) is 24.3 Å². The van der Waals surface area contributed by atoms with Crippen molar-refractivity contribution in [3.63, 3.8) is 0 Å². The van der Waals surface area contributed by atoms with Crippen molar-refractivity contribution < 1.29 is 19.5 Å². The van der Waals surface area contributed by atoms with E-state index in [2.05, 4.69) is 10.6 Å². The first-order chi connectivity index (χ1) is 12.7. The Balaban J connectivity index is 2.75. The Kier molecular flexibility index (Phi) is 9.46. The molecule has 8 nitrogen and oxygen atoms in total. The molecule has 1 aromatic rings. The van der Waals surface area contributed by atoms with Gasteiger partial charge < -0.3 is 27.2 Å². The molecule has 0 aliphatic rings.